The number of hydrogen-bond donors (Lipinski definition) is 0. The van der Waals surface area contributed by atoms with E-state index in [1.165, 1.54) is 5.56 Å². The van der Waals surface area contributed by atoms with Crippen LogP contribution in [0, 0.1) is 0 Å². The Kier molecular flexibility index (Phi) is 5.77. The van der Waals surface area contributed by atoms with Crippen LogP contribution >= 0.6 is 0 Å². The molecular formula is C24H24N4O. The molecular weight excluding hydrogens is 360 g/mol. The molecule has 5 heteroatoms. The molecule has 5 nitrogen and oxygen atoms in total. The molecule has 0 bridgehead atoms. The molecule has 0 spiro atoms. The molecule has 0 amide bonds. The van der Waals surface area contributed by atoms with E-state index in [2.05, 4.69) is 40.7 Å². The van der Waals surface area contributed by atoms with Crippen molar-refractivity contribution >= 4 is 0 Å². The summed E-state index contributed by atoms with van der Waals surface area (Å²) in [7, 11) is 1.71. The lowest BCUT2D eigenvalue weighted by atomic mass is 10.1. The fourth-order valence-electron chi connectivity index (χ4n) is 3.47. The molecule has 0 aliphatic rings. The van der Waals surface area contributed by atoms with Gasteiger partial charge in [-0.05, 0) is 30.2 Å². The Morgan fingerprint density at radius 1 is 0.931 bits per heavy atom. The molecule has 0 fully saturated rings. The maximum absolute atomic E-state index is 5.55. The Morgan fingerprint density at radius 3 is 2.41 bits per heavy atom. The molecule has 1 aromatic carbocycles. The lowest BCUT2D eigenvalue weighted by Gasteiger charge is -2.20. The predicted molar refractivity (Wildman–Crippen MR) is 115 cm³/mol. The summed E-state index contributed by atoms with van der Waals surface area (Å²) in [5.41, 5.74) is 5.94. The maximum atomic E-state index is 5.55. The Labute approximate surface area is 171 Å². The van der Waals surface area contributed by atoms with Crippen LogP contribution in [-0.2, 0) is 11.2 Å². The number of benzene rings is 1. The lowest BCUT2D eigenvalue weighted by molar-refractivity contribution is 0.168. The summed E-state index contributed by atoms with van der Waals surface area (Å²) in [5.74, 6) is 0. The van der Waals surface area contributed by atoms with E-state index in [1.807, 2.05) is 48.9 Å². The average Bonchev–Trinajstić information content (AvgIpc) is 3.23. The first kappa shape index (κ1) is 19.0. The number of methoxy groups -OCH3 is 1. The first-order chi connectivity index (χ1) is 14.3. The Bertz CT molecular complexity index is 1040. The van der Waals surface area contributed by atoms with E-state index in [0.29, 0.717) is 6.61 Å². The van der Waals surface area contributed by atoms with Gasteiger partial charge < -0.3 is 9.30 Å². The van der Waals surface area contributed by atoms with Crippen LogP contribution in [0.1, 0.15) is 24.2 Å². The van der Waals surface area contributed by atoms with Gasteiger partial charge in [-0.2, -0.15) is 0 Å². The molecule has 4 rings (SSSR count). The predicted octanol–water partition coefficient (Wildman–Crippen LogP) is 4.81. The summed E-state index contributed by atoms with van der Waals surface area (Å²) < 4.78 is 7.67. The molecule has 0 N–H and O–H groups in total. The molecule has 29 heavy (non-hydrogen) atoms. The summed E-state index contributed by atoms with van der Waals surface area (Å²) in [5, 5.41) is 0. The summed E-state index contributed by atoms with van der Waals surface area (Å²) in [4.78, 5) is 14.1. The van der Waals surface area contributed by atoms with Crippen LogP contribution in [-0.4, -0.2) is 33.2 Å². The van der Waals surface area contributed by atoms with Crippen LogP contribution in [0.25, 0.3) is 22.6 Å². The lowest BCUT2D eigenvalue weighted by Crippen LogP contribution is -2.18. The maximum Gasteiger partial charge on any atom is 0.101 e. The number of nitrogens with zero attached hydrogens (tertiary/aromatic N) is 4. The van der Waals surface area contributed by atoms with E-state index in [4.69, 9.17) is 14.7 Å². The van der Waals surface area contributed by atoms with Crippen molar-refractivity contribution in [3.05, 3.63) is 90.6 Å². The highest BCUT2D eigenvalue weighted by Crippen LogP contribution is 2.33. The standard InChI is InChI=1S/C24H24N4O/c1-3-18-12-13-21(26-15-18)24-23(19-9-5-4-6-10-19)27-17-28(24)22(16-29-2)20-11-7-8-14-25-20/h4-15,17,22H,3,16H2,1-2H3. The summed E-state index contributed by atoms with van der Waals surface area (Å²) in [6.07, 6.45) is 6.57. The molecule has 0 radical (unpaired) electrons. The summed E-state index contributed by atoms with van der Waals surface area (Å²) in [6, 6.07) is 20.2. The second kappa shape index (κ2) is 8.80. The fraction of sp³-hybridized carbons (Fsp3) is 0.208. The average molecular weight is 384 g/mol. The highest BCUT2D eigenvalue weighted by Gasteiger charge is 2.23. The molecule has 3 heterocycles. The largest absolute Gasteiger partial charge is 0.382 e. The highest BCUT2D eigenvalue weighted by atomic mass is 16.5. The number of ether oxygens (including phenoxy) is 1. The van der Waals surface area contributed by atoms with Crippen molar-refractivity contribution in [2.45, 2.75) is 19.4 Å². The van der Waals surface area contributed by atoms with Gasteiger partial charge in [0.15, 0.2) is 0 Å². The van der Waals surface area contributed by atoms with Gasteiger partial charge in [-0.3, -0.25) is 9.97 Å². The SMILES string of the molecule is CCc1ccc(-c2c(-c3ccccc3)ncn2C(COC)c2ccccn2)nc1. The van der Waals surface area contributed by atoms with Gasteiger partial charge >= 0.3 is 0 Å². The van der Waals surface area contributed by atoms with Gasteiger partial charge in [0.2, 0.25) is 0 Å². The molecule has 0 saturated carbocycles. The van der Waals surface area contributed by atoms with Gasteiger partial charge in [-0.25, -0.2) is 4.98 Å². The van der Waals surface area contributed by atoms with Crippen molar-refractivity contribution in [3.63, 3.8) is 0 Å². The first-order valence-corrected chi connectivity index (χ1v) is 9.79. The number of aryl methyl sites for hydroxylation is 1. The monoisotopic (exact) mass is 384 g/mol. The topological polar surface area (TPSA) is 52.8 Å². The third-order valence-electron chi connectivity index (χ3n) is 5.01. The van der Waals surface area contributed by atoms with Gasteiger partial charge in [0.1, 0.15) is 6.04 Å². The van der Waals surface area contributed by atoms with Gasteiger partial charge in [0, 0.05) is 25.1 Å². The second-order valence-electron chi connectivity index (χ2n) is 6.85. The molecule has 1 atom stereocenters. The molecule has 0 saturated heterocycles. The van der Waals surface area contributed by atoms with E-state index in [9.17, 15) is 0 Å². The van der Waals surface area contributed by atoms with Crippen molar-refractivity contribution in [2.75, 3.05) is 13.7 Å². The molecule has 146 valence electrons. The number of imidazole rings is 1. The van der Waals surface area contributed by atoms with Crippen molar-refractivity contribution in [1.29, 1.82) is 0 Å². The summed E-state index contributed by atoms with van der Waals surface area (Å²) in [6.45, 7) is 2.62. The quantitative estimate of drug-likeness (QED) is 0.459. The van der Waals surface area contributed by atoms with Crippen molar-refractivity contribution in [1.82, 2.24) is 19.5 Å². The van der Waals surface area contributed by atoms with E-state index < -0.39 is 0 Å². The zero-order valence-corrected chi connectivity index (χ0v) is 16.7. The minimum absolute atomic E-state index is 0.103. The minimum Gasteiger partial charge on any atom is -0.382 e. The molecule has 4 aromatic rings. The molecule has 0 aliphatic heterocycles. The van der Waals surface area contributed by atoms with Gasteiger partial charge in [-0.15, -0.1) is 0 Å². The van der Waals surface area contributed by atoms with E-state index in [-0.39, 0.29) is 6.04 Å². The van der Waals surface area contributed by atoms with Crippen molar-refractivity contribution in [2.24, 2.45) is 0 Å². The molecule has 1 unspecified atom stereocenters. The van der Waals surface area contributed by atoms with E-state index >= 15 is 0 Å². The Hall–Kier alpha value is -3.31. The third-order valence-corrected chi connectivity index (χ3v) is 5.01. The molecule has 0 aliphatic carbocycles. The minimum atomic E-state index is -0.103. The second-order valence-corrected chi connectivity index (χ2v) is 6.85. The Morgan fingerprint density at radius 2 is 1.76 bits per heavy atom. The number of aromatic nitrogens is 4. The molecule has 3 aromatic heterocycles. The first-order valence-electron chi connectivity index (χ1n) is 9.79. The van der Waals surface area contributed by atoms with E-state index in [0.717, 1.165) is 34.8 Å². The van der Waals surface area contributed by atoms with Crippen molar-refractivity contribution in [3.8, 4) is 22.6 Å². The van der Waals surface area contributed by atoms with Gasteiger partial charge in [0.25, 0.3) is 0 Å². The van der Waals surface area contributed by atoms with Crippen LogP contribution < -0.4 is 0 Å². The van der Waals surface area contributed by atoms with E-state index in [1.54, 1.807) is 13.3 Å². The normalized spacial score (nSPS) is 12.1. The third kappa shape index (κ3) is 3.96. The highest BCUT2D eigenvalue weighted by molar-refractivity contribution is 5.77. The van der Waals surface area contributed by atoms with Crippen LogP contribution in [0.2, 0.25) is 0 Å². The number of pyridine rings is 2. The van der Waals surface area contributed by atoms with Crippen LogP contribution in [0.15, 0.2) is 79.4 Å². The number of hydrogen-bond acceptors (Lipinski definition) is 4. The fourth-order valence-corrected chi connectivity index (χ4v) is 3.47. The van der Waals surface area contributed by atoms with Crippen molar-refractivity contribution < 1.29 is 4.74 Å². The number of rotatable bonds is 7. The van der Waals surface area contributed by atoms with Crippen LogP contribution in [0.3, 0.4) is 0 Å². The van der Waals surface area contributed by atoms with Crippen LogP contribution in [0.4, 0.5) is 0 Å². The smallest absolute Gasteiger partial charge is 0.101 e. The zero-order chi connectivity index (χ0) is 20.1. The van der Waals surface area contributed by atoms with Gasteiger partial charge in [-0.1, -0.05) is 49.4 Å². The van der Waals surface area contributed by atoms with Crippen LogP contribution in [0.5, 0.6) is 0 Å². The van der Waals surface area contributed by atoms with Gasteiger partial charge in [0.05, 0.1) is 35.7 Å². The summed E-state index contributed by atoms with van der Waals surface area (Å²) >= 11 is 0. The zero-order valence-electron chi connectivity index (χ0n) is 16.7. The Balaban J connectivity index is 1.90.